The predicted molar refractivity (Wildman–Crippen MR) is 80.0 cm³/mol. The smallest absolute Gasteiger partial charge is 0.241 e. The average molecular weight is 382 g/mol. The van der Waals surface area contributed by atoms with Gasteiger partial charge in [-0.2, -0.15) is 0 Å². The Balaban J connectivity index is 2.25. The van der Waals surface area contributed by atoms with Crippen molar-refractivity contribution in [3.05, 3.63) is 44.3 Å². The molecular formula is C11H10BrClN2O2S2. The van der Waals surface area contributed by atoms with E-state index in [-0.39, 0.29) is 10.9 Å². The zero-order chi connectivity index (χ0) is 14.0. The van der Waals surface area contributed by atoms with Crippen LogP contribution in [0.5, 0.6) is 0 Å². The summed E-state index contributed by atoms with van der Waals surface area (Å²) in [5.74, 6) is 0. The third-order valence-corrected chi connectivity index (χ3v) is 6.07. The van der Waals surface area contributed by atoms with Crippen LogP contribution in [0.2, 0.25) is 5.02 Å². The van der Waals surface area contributed by atoms with Crippen LogP contribution in [-0.4, -0.2) is 13.4 Å². The lowest BCUT2D eigenvalue weighted by molar-refractivity contribution is 0.566. The number of rotatable bonds is 4. The van der Waals surface area contributed by atoms with Gasteiger partial charge < -0.3 is 0 Å². The standard InChI is InChI=1S/C11H10BrClN2O2S2/c1-7(11-14-4-5-18-11)15-19(16,17)8-2-3-10(13)9(12)6-8/h2-7,15H,1H3. The fourth-order valence-corrected chi connectivity index (χ4v) is 4.05. The minimum absolute atomic E-state index is 0.159. The highest BCUT2D eigenvalue weighted by atomic mass is 79.9. The number of halogens is 2. The molecule has 0 saturated carbocycles. The molecule has 1 aromatic carbocycles. The van der Waals surface area contributed by atoms with Crippen LogP contribution in [0.15, 0.2) is 39.1 Å². The summed E-state index contributed by atoms with van der Waals surface area (Å²) in [6.07, 6.45) is 1.64. The van der Waals surface area contributed by atoms with Crippen molar-refractivity contribution in [2.45, 2.75) is 17.9 Å². The molecule has 4 nitrogen and oxygen atoms in total. The lowest BCUT2D eigenvalue weighted by atomic mass is 10.4. The topological polar surface area (TPSA) is 59.1 Å². The van der Waals surface area contributed by atoms with Crippen molar-refractivity contribution in [2.75, 3.05) is 0 Å². The molecule has 0 amide bonds. The second-order valence-electron chi connectivity index (χ2n) is 3.79. The first-order valence-electron chi connectivity index (χ1n) is 5.27. The van der Waals surface area contributed by atoms with Crippen LogP contribution < -0.4 is 4.72 Å². The second-order valence-corrected chi connectivity index (χ2v) is 7.69. The normalized spacial score (nSPS) is 13.4. The van der Waals surface area contributed by atoms with E-state index in [9.17, 15) is 8.42 Å². The molecule has 1 unspecified atom stereocenters. The lowest BCUT2D eigenvalue weighted by Crippen LogP contribution is -2.26. The highest BCUT2D eigenvalue weighted by molar-refractivity contribution is 9.10. The monoisotopic (exact) mass is 380 g/mol. The fourth-order valence-electron chi connectivity index (χ4n) is 1.44. The van der Waals surface area contributed by atoms with Gasteiger partial charge in [-0.25, -0.2) is 18.1 Å². The lowest BCUT2D eigenvalue weighted by Gasteiger charge is -2.12. The van der Waals surface area contributed by atoms with Crippen LogP contribution in [0.4, 0.5) is 0 Å². The van der Waals surface area contributed by atoms with E-state index in [2.05, 4.69) is 25.6 Å². The van der Waals surface area contributed by atoms with Crippen molar-refractivity contribution >= 4 is 48.9 Å². The van der Waals surface area contributed by atoms with Gasteiger partial charge in [-0.05, 0) is 41.1 Å². The minimum Gasteiger partial charge on any atom is -0.248 e. The van der Waals surface area contributed by atoms with Crippen LogP contribution in [0.3, 0.4) is 0 Å². The van der Waals surface area contributed by atoms with Crippen LogP contribution in [0, 0.1) is 0 Å². The maximum atomic E-state index is 12.2. The van der Waals surface area contributed by atoms with Gasteiger partial charge in [0.15, 0.2) is 0 Å². The number of benzene rings is 1. The van der Waals surface area contributed by atoms with Crippen molar-refractivity contribution in [1.82, 2.24) is 9.71 Å². The quantitative estimate of drug-likeness (QED) is 0.880. The number of thiazole rings is 1. The number of sulfonamides is 1. The Hall–Kier alpha value is -0.470. The molecule has 1 atom stereocenters. The van der Waals surface area contributed by atoms with Gasteiger partial charge in [0.1, 0.15) is 5.01 Å². The van der Waals surface area contributed by atoms with Crippen LogP contribution in [0.25, 0.3) is 0 Å². The van der Waals surface area contributed by atoms with Crippen molar-refractivity contribution in [3.63, 3.8) is 0 Å². The zero-order valence-corrected chi connectivity index (χ0v) is 13.8. The summed E-state index contributed by atoms with van der Waals surface area (Å²) in [7, 11) is -3.60. The predicted octanol–water partition coefficient (Wildman–Crippen LogP) is 3.60. The zero-order valence-electron chi connectivity index (χ0n) is 9.80. The molecule has 1 heterocycles. The van der Waals surface area contributed by atoms with E-state index in [4.69, 9.17) is 11.6 Å². The molecule has 0 aliphatic heterocycles. The molecule has 2 rings (SSSR count). The SMILES string of the molecule is CC(NS(=O)(=O)c1ccc(Cl)c(Br)c1)c1nccs1. The molecule has 0 bridgehead atoms. The molecule has 1 N–H and O–H groups in total. The van der Waals surface area contributed by atoms with Crippen molar-refractivity contribution in [1.29, 1.82) is 0 Å². The van der Waals surface area contributed by atoms with E-state index in [0.717, 1.165) is 5.01 Å². The molecule has 8 heteroatoms. The second kappa shape index (κ2) is 5.88. The van der Waals surface area contributed by atoms with Gasteiger partial charge in [0.25, 0.3) is 0 Å². The Labute approximate surface area is 129 Å². The average Bonchev–Trinajstić information content (AvgIpc) is 2.85. The number of aromatic nitrogens is 1. The molecule has 0 saturated heterocycles. The number of nitrogens with zero attached hydrogens (tertiary/aromatic N) is 1. The Morgan fingerprint density at radius 1 is 1.47 bits per heavy atom. The summed E-state index contributed by atoms with van der Waals surface area (Å²) >= 11 is 10.5. The van der Waals surface area contributed by atoms with Gasteiger partial charge in [0, 0.05) is 16.0 Å². The van der Waals surface area contributed by atoms with Gasteiger partial charge >= 0.3 is 0 Å². The van der Waals surface area contributed by atoms with Crippen LogP contribution in [0.1, 0.15) is 18.0 Å². The summed E-state index contributed by atoms with van der Waals surface area (Å²) in [6, 6.07) is 4.09. The fraction of sp³-hybridized carbons (Fsp3) is 0.182. The molecule has 102 valence electrons. The van der Waals surface area contributed by atoms with E-state index < -0.39 is 10.0 Å². The summed E-state index contributed by atoms with van der Waals surface area (Å²) in [4.78, 5) is 4.25. The minimum atomic E-state index is -3.60. The van der Waals surface area contributed by atoms with E-state index in [1.165, 1.54) is 29.5 Å². The largest absolute Gasteiger partial charge is 0.248 e. The third-order valence-electron chi connectivity index (χ3n) is 2.36. The van der Waals surface area contributed by atoms with Gasteiger partial charge in [0.05, 0.1) is 16.0 Å². The van der Waals surface area contributed by atoms with Crippen molar-refractivity contribution in [3.8, 4) is 0 Å². The number of hydrogen-bond donors (Lipinski definition) is 1. The molecule has 0 aliphatic rings. The number of hydrogen-bond acceptors (Lipinski definition) is 4. The Kier molecular flexibility index (Phi) is 4.62. The number of nitrogens with one attached hydrogen (secondary N) is 1. The van der Waals surface area contributed by atoms with Gasteiger partial charge in [-0.3, -0.25) is 0 Å². The summed E-state index contributed by atoms with van der Waals surface area (Å²) < 4.78 is 27.5. The first kappa shape index (κ1) is 14.9. The molecule has 0 spiro atoms. The van der Waals surface area contributed by atoms with E-state index in [0.29, 0.717) is 9.50 Å². The van der Waals surface area contributed by atoms with E-state index in [1.54, 1.807) is 18.5 Å². The first-order valence-corrected chi connectivity index (χ1v) is 8.80. The third kappa shape index (κ3) is 3.55. The first-order chi connectivity index (χ1) is 8.90. The highest BCUT2D eigenvalue weighted by Crippen LogP contribution is 2.26. The van der Waals surface area contributed by atoms with Gasteiger partial charge in [-0.15, -0.1) is 11.3 Å². The van der Waals surface area contributed by atoms with Crippen LogP contribution in [-0.2, 0) is 10.0 Å². The molecule has 2 aromatic rings. The highest BCUT2D eigenvalue weighted by Gasteiger charge is 2.20. The molecular weight excluding hydrogens is 372 g/mol. The van der Waals surface area contributed by atoms with E-state index >= 15 is 0 Å². The maximum Gasteiger partial charge on any atom is 0.241 e. The van der Waals surface area contributed by atoms with Crippen LogP contribution >= 0.6 is 38.9 Å². The maximum absolute atomic E-state index is 12.2. The van der Waals surface area contributed by atoms with Crippen molar-refractivity contribution < 1.29 is 8.42 Å². The Morgan fingerprint density at radius 2 is 2.21 bits per heavy atom. The molecule has 19 heavy (non-hydrogen) atoms. The van der Waals surface area contributed by atoms with Gasteiger partial charge in [-0.1, -0.05) is 11.6 Å². The van der Waals surface area contributed by atoms with Crippen molar-refractivity contribution in [2.24, 2.45) is 0 Å². The summed E-state index contributed by atoms with van der Waals surface area (Å²) in [6.45, 7) is 1.75. The Morgan fingerprint density at radius 3 is 2.79 bits per heavy atom. The summed E-state index contributed by atoms with van der Waals surface area (Å²) in [5, 5.41) is 2.99. The van der Waals surface area contributed by atoms with E-state index in [1.807, 2.05) is 0 Å². The molecule has 0 fully saturated rings. The molecule has 0 radical (unpaired) electrons. The molecule has 0 aliphatic carbocycles. The van der Waals surface area contributed by atoms with Gasteiger partial charge in [0.2, 0.25) is 10.0 Å². The Bertz CT molecular complexity index is 674. The molecule has 1 aromatic heterocycles. The summed E-state index contributed by atoms with van der Waals surface area (Å²) in [5.41, 5.74) is 0.